The fraction of sp³-hybridized carbons (Fsp3) is 0.357. The maximum atomic E-state index is 5.95. The lowest BCUT2D eigenvalue weighted by atomic mass is 10.1. The number of nitrogen functional groups attached to an aromatic ring is 1. The van der Waals surface area contributed by atoms with Crippen LogP contribution in [-0.4, -0.2) is 18.1 Å². The van der Waals surface area contributed by atoms with Gasteiger partial charge in [-0.2, -0.15) is 0 Å². The fourth-order valence-corrected chi connectivity index (χ4v) is 2.00. The molecule has 3 heteroatoms. The Hall–Kier alpha value is -1.77. The third-order valence-electron chi connectivity index (χ3n) is 3.41. The Labute approximate surface area is 102 Å². The molecule has 0 bridgehead atoms. The number of rotatable bonds is 3. The van der Waals surface area contributed by atoms with E-state index in [1.54, 1.807) is 0 Å². The van der Waals surface area contributed by atoms with Crippen LogP contribution in [0.4, 0.5) is 11.4 Å². The van der Waals surface area contributed by atoms with Gasteiger partial charge in [0.2, 0.25) is 0 Å². The van der Waals surface area contributed by atoms with Crippen LogP contribution in [0.1, 0.15) is 20.3 Å². The van der Waals surface area contributed by atoms with E-state index in [2.05, 4.69) is 36.8 Å². The molecule has 2 rings (SSSR count). The Kier molecular flexibility index (Phi) is 3.18. The van der Waals surface area contributed by atoms with Crippen LogP contribution < -0.4 is 10.6 Å². The molecule has 1 atom stereocenters. The van der Waals surface area contributed by atoms with Crippen LogP contribution in [0.5, 0.6) is 0 Å². The number of para-hydroxylation sites is 1. The lowest BCUT2D eigenvalue weighted by Crippen LogP contribution is -2.28. The van der Waals surface area contributed by atoms with E-state index in [1.807, 2.05) is 24.4 Å². The minimum Gasteiger partial charge on any atom is -0.397 e. The predicted molar refractivity (Wildman–Crippen MR) is 74.3 cm³/mol. The SMILES string of the molecule is CCC(C)N(C)c1ccnc2c(N)cccc12. The van der Waals surface area contributed by atoms with E-state index in [9.17, 15) is 0 Å². The summed E-state index contributed by atoms with van der Waals surface area (Å²) < 4.78 is 0. The second-order valence-corrected chi connectivity index (χ2v) is 4.44. The largest absolute Gasteiger partial charge is 0.397 e. The molecule has 2 N–H and O–H groups in total. The molecule has 1 unspecified atom stereocenters. The molecule has 0 spiro atoms. The van der Waals surface area contributed by atoms with Crippen molar-refractivity contribution in [3.8, 4) is 0 Å². The topological polar surface area (TPSA) is 42.2 Å². The Bertz CT molecular complexity index is 522. The minimum atomic E-state index is 0.502. The highest BCUT2D eigenvalue weighted by Gasteiger charge is 2.12. The van der Waals surface area contributed by atoms with Crippen molar-refractivity contribution in [2.24, 2.45) is 0 Å². The van der Waals surface area contributed by atoms with E-state index in [0.29, 0.717) is 6.04 Å². The van der Waals surface area contributed by atoms with Gasteiger partial charge in [0.15, 0.2) is 0 Å². The summed E-state index contributed by atoms with van der Waals surface area (Å²) >= 11 is 0. The third kappa shape index (κ3) is 2.05. The van der Waals surface area contributed by atoms with Crippen molar-refractivity contribution in [1.82, 2.24) is 4.98 Å². The summed E-state index contributed by atoms with van der Waals surface area (Å²) in [7, 11) is 2.12. The summed E-state index contributed by atoms with van der Waals surface area (Å²) in [5.41, 5.74) is 8.77. The van der Waals surface area contributed by atoms with Crippen molar-refractivity contribution in [3.63, 3.8) is 0 Å². The van der Waals surface area contributed by atoms with Gasteiger partial charge in [-0.15, -0.1) is 0 Å². The van der Waals surface area contributed by atoms with Crippen LogP contribution in [0.15, 0.2) is 30.5 Å². The molecule has 1 aromatic carbocycles. The smallest absolute Gasteiger partial charge is 0.0951 e. The minimum absolute atomic E-state index is 0.502. The molecule has 1 heterocycles. The number of pyridine rings is 1. The maximum Gasteiger partial charge on any atom is 0.0951 e. The molecule has 17 heavy (non-hydrogen) atoms. The predicted octanol–water partition coefficient (Wildman–Crippen LogP) is 3.05. The number of nitrogens with zero attached hydrogens (tertiary/aromatic N) is 2. The van der Waals surface area contributed by atoms with Gasteiger partial charge in [-0.3, -0.25) is 4.98 Å². The number of fused-ring (bicyclic) bond motifs is 1. The van der Waals surface area contributed by atoms with Crippen LogP contribution in [-0.2, 0) is 0 Å². The molecule has 0 amide bonds. The Morgan fingerprint density at radius 1 is 1.35 bits per heavy atom. The lowest BCUT2D eigenvalue weighted by Gasteiger charge is -2.27. The average molecular weight is 229 g/mol. The van der Waals surface area contributed by atoms with Crippen LogP contribution in [0.2, 0.25) is 0 Å². The summed E-state index contributed by atoms with van der Waals surface area (Å²) in [5, 5.41) is 1.12. The van der Waals surface area contributed by atoms with Crippen molar-refractivity contribution in [3.05, 3.63) is 30.5 Å². The summed E-state index contributed by atoms with van der Waals surface area (Å²) in [6.07, 6.45) is 2.94. The van der Waals surface area contributed by atoms with Gasteiger partial charge in [0.1, 0.15) is 0 Å². The number of hydrogen-bond donors (Lipinski definition) is 1. The summed E-state index contributed by atoms with van der Waals surface area (Å²) in [6, 6.07) is 8.50. The molecule has 0 fully saturated rings. The van der Waals surface area contributed by atoms with E-state index < -0.39 is 0 Å². The van der Waals surface area contributed by atoms with Gasteiger partial charge in [0.05, 0.1) is 11.2 Å². The van der Waals surface area contributed by atoms with Gasteiger partial charge < -0.3 is 10.6 Å². The molecular formula is C14H19N3. The van der Waals surface area contributed by atoms with Gasteiger partial charge in [-0.1, -0.05) is 19.1 Å². The van der Waals surface area contributed by atoms with E-state index >= 15 is 0 Å². The van der Waals surface area contributed by atoms with Crippen molar-refractivity contribution < 1.29 is 0 Å². The molecule has 2 aromatic rings. The van der Waals surface area contributed by atoms with Crippen molar-refractivity contribution in [1.29, 1.82) is 0 Å². The molecular weight excluding hydrogens is 210 g/mol. The molecule has 3 nitrogen and oxygen atoms in total. The van der Waals surface area contributed by atoms with Gasteiger partial charge in [0.25, 0.3) is 0 Å². The first kappa shape index (κ1) is 11.7. The second kappa shape index (κ2) is 4.62. The Balaban J connectivity index is 2.58. The highest BCUT2D eigenvalue weighted by atomic mass is 15.1. The molecule has 0 radical (unpaired) electrons. The van der Waals surface area contributed by atoms with Gasteiger partial charge in [0, 0.05) is 30.4 Å². The third-order valence-corrected chi connectivity index (χ3v) is 3.41. The van der Waals surface area contributed by atoms with Crippen LogP contribution in [0, 0.1) is 0 Å². The highest BCUT2D eigenvalue weighted by Crippen LogP contribution is 2.29. The maximum absolute atomic E-state index is 5.95. The Morgan fingerprint density at radius 2 is 2.12 bits per heavy atom. The fourth-order valence-electron chi connectivity index (χ4n) is 2.00. The Morgan fingerprint density at radius 3 is 2.82 bits per heavy atom. The molecule has 90 valence electrons. The molecule has 0 aliphatic carbocycles. The zero-order chi connectivity index (χ0) is 12.4. The van der Waals surface area contributed by atoms with E-state index in [0.717, 1.165) is 23.0 Å². The molecule has 0 saturated carbocycles. The average Bonchev–Trinajstić information content (AvgIpc) is 2.37. The number of hydrogen-bond acceptors (Lipinski definition) is 3. The molecule has 1 aromatic heterocycles. The summed E-state index contributed by atoms with van der Waals surface area (Å²) in [5.74, 6) is 0. The standard InChI is InChI=1S/C14H19N3/c1-4-10(2)17(3)13-8-9-16-14-11(13)6-5-7-12(14)15/h5-10H,4,15H2,1-3H3. The monoisotopic (exact) mass is 229 g/mol. The number of benzene rings is 1. The lowest BCUT2D eigenvalue weighted by molar-refractivity contribution is 0.665. The first-order chi connectivity index (χ1) is 8.15. The molecule has 0 saturated heterocycles. The summed E-state index contributed by atoms with van der Waals surface area (Å²) in [4.78, 5) is 6.64. The zero-order valence-electron chi connectivity index (χ0n) is 10.6. The number of nitrogens with two attached hydrogens (primary N) is 1. The van der Waals surface area contributed by atoms with Gasteiger partial charge in [-0.05, 0) is 25.5 Å². The van der Waals surface area contributed by atoms with E-state index in [4.69, 9.17) is 5.73 Å². The second-order valence-electron chi connectivity index (χ2n) is 4.44. The van der Waals surface area contributed by atoms with Crippen LogP contribution >= 0.6 is 0 Å². The van der Waals surface area contributed by atoms with Gasteiger partial charge in [-0.25, -0.2) is 0 Å². The van der Waals surface area contributed by atoms with Gasteiger partial charge >= 0.3 is 0 Å². The van der Waals surface area contributed by atoms with Crippen LogP contribution in [0.3, 0.4) is 0 Å². The van der Waals surface area contributed by atoms with E-state index in [1.165, 1.54) is 5.69 Å². The summed E-state index contributed by atoms with van der Waals surface area (Å²) in [6.45, 7) is 4.41. The van der Waals surface area contributed by atoms with E-state index in [-0.39, 0.29) is 0 Å². The number of anilines is 2. The van der Waals surface area contributed by atoms with Crippen LogP contribution in [0.25, 0.3) is 10.9 Å². The first-order valence-corrected chi connectivity index (χ1v) is 6.01. The normalized spacial score (nSPS) is 12.6. The quantitative estimate of drug-likeness (QED) is 0.822. The van der Waals surface area contributed by atoms with Crippen molar-refractivity contribution in [2.75, 3.05) is 17.7 Å². The van der Waals surface area contributed by atoms with Crippen molar-refractivity contribution in [2.45, 2.75) is 26.3 Å². The zero-order valence-corrected chi connectivity index (χ0v) is 10.6. The number of aromatic nitrogens is 1. The molecule has 0 aliphatic heterocycles. The first-order valence-electron chi connectivity index (χ1n) is 6.01. The van der Waals surface area contributed by atoms with Crippen molar-refractivity contribution >= 4 is 22.3 Å². The highest BCUT2D eigenvalue weighted by molar-refractivity contribution is 5.97. The molecule has 0 aliphatic rings.